The van der Waals surface area contributed by atoms with E-state index in [0.29, 0.717) is 17.0 Å². The lowest BCUT2D eigenvalue weighted by atomic mass is 10.1. The minimum absolute atomic E-state index is 0.196. The van der Waals surface area contributed by atoms with Gasteiger partial charge in [-0.25, -0.2) is 9.78 Å². The molecule has 0 spiro atoms. The Kier molecular flexibility index (Phi) is 6.67. The summed E-state index contributed by atoms with van der Waals surface area (Å²) < 4.78 is 10.8. The van der Waals surface area contributed by atoms with Crippen LogP contribution in [0.15, 0.2) is 30.3 Å². The van der Waals surface area contributed by atoms with Crippen molar-refractivity contribution in [3.05, 3.63) is 58.7 Å². The Hall–Kier alpha value is -3.02. The van der Waals surface area contributed by atoms with E-state index in [1.54, 1.807) is 51.1 Å². The summed E-state index contributed by atoms with van der Waals surface area (Å²) in [6.07, 6.45) is 3.12. The van der Waals surface area contributed by atoms with Crippen molar-refractivity contribution in [2.75, 3.05) is 6.61 Å². The average molecular weight is 382 g/mol. The summed E-state index contributed by atoms with van der Waals surface area (Å²) in [6, 6.07) is 6.70. The molecule has 0 unspecified atom stereocenters. The maximum absolute atomic E-state index is 12.6. The number of ketones is 1. The van der Waals surface area contributed by atoms with Crippen LogP contribution >= 0.6 is 0 Å². The zero-order valence-corrected chi connectivity index (χ0v) is 17.2. The van der Waals surface area contributed by atoms with Gasteiger partial charge < -0.3 is 9.47 Å². The monoisotopic (exact) mass is 382 g/mol. The molecule has 2 aromatic rings. The smallest absolute Gasteiger partial charge is 0.349 e. The second-order valence-electron chi connectivity index (χ2n) is 6.92. The molecule has 0 aliphatic carbocycles. The molecule has 0 saturated heterocycles. The van der Waals surface area contributed by atoms with Gasteiger partial charge in [-0.1, -0.05) is 12.1 Å². The van der Waals surface area contributed by atoms with Crippen LogP contribution < -0.4 is 4.74 Å². The molecular formula is C22H26N2O4. The van der Waals surface area contributed by atoms with E-state index in [2.05, 4.69) is 9.97 Å². The Morgan fingerprint density at radius 2 is 1.75 bits per heavy atom. The largest absolute Gasteiger partial charge is 0.476 e. The summed E-state index contributed by atoms with van der Waals surface area (Å²) >= 11 is 0. The van der Waals surface area contributed by atoms with E-state index in [4.69, 9.17) is 9.47 Å². The first-order valence-electron chi connectivity index (χ1n) is 9.14. The number of allylic oxidation sites excluding steroid dienone is 1. The Morgan fingerprint density at radius 1 is 1.07 bits per heavy atom. The fourth-order valence-corrected chi connectivity index (χ4v) is 2.49. The second kappa shape index (κ2) is 8.78. The molecule has 0 saturated carbocycles. The minimum Gasteiger partial charge on any atom is -0.476 e. The first-order chi connectivity index (χ1) is 13.1. The summed E-state index contributed by atoms with van der Waals surface area (Å²) in [6.45, 7) is 10.9. The number of ether oxygens (including phenoxy) is 2. The normalized spacial score (nSPS) is 11.5. The molecule has 0 radical (unpaired) electrons. The van der Waals surface area contributed by atoms with E-state index in [0.717, 1.165) is 17.1 Å². The summed E-state index contributed by atoms with van der Waals surface area (Å²) in [5.74, 6) is -0.242. The zero-order valence-electron chi connectivity index (χ0n) is 17.2. The molecular weight excluding hydrogens is 356 g/mol. The number of carbonyl (C=O) groups excluding carboxylic acids is 2. The third-order valence-corrected chi connectivity index (χ3v) is 4.17. The molecule has 0 amide bonds. The molecule has 2 rings (SSSR count). The molecule has 0 N–H and O–H groups in total. The van der Waals surface area contributed by atoms with Gasteiger partial charge in [-0.05, 0) is 65.8 Å². The van der Waals surface area contributed by atoms with Crippen LogP contribution in [-0.2, 0) is 9.53 Å². The predicted molar refractivity (Wildman–Crippen MR) is 107 cm³/mol. The molecule has 28 heavy (non-hydrogen) atoms. The summed E-state index contributed by atoms with van der Waals surface area (Å²) in [5, 5.41) is 0. The van der Waals surface area contributed by atoms with Gasteiger partial charge in [0.1, 0.15) is 5.75 Å². The van der Waals surface area contributed by atoms with Crippen LogP contribution in [0.2, 0.25) is 0 Å². The lowest BCUT2D eigenvalue weighted by molar-refractivity contribution is -0.158. The number of aryl methyl sites for hydroxylation is 3. The van der Waals surface area contributed by atoms with Gasteiger partial charge in [0.05, 0.1) is 29.4 Å². The molecule has 0 atom stereocenters. The summed E-state index contributed by atoms with van der Waals surface area (Å²) in [7, 11) is 0. The lowest BCUT2D eigenvalue weighted by Gasteiger charge is -2.24. The van der Waals surface area contributed by atoms with Crippen molar-refractivity contribution in [3.8, 4) is 5.75 Å². The van der Waals surface area contributed by atoms with Crippen molar-refractivity contribution in [1.29, 1.82) is 0 Å². The Labute approximate surface area is 165 Å². The van der Waals surface area contributed by atoms with Gasteiger partial charge in [-0.2, -0.15) is 0 Å². The molecule has 1 heterocycles. The van der Waals surface area contributed by atoms with Gasteiger partial charge in [0.2, 0.25) is 0 Å². The van der Waals surface area contributed by atoms with Crippen LogP contribution in [0.1, 0.15) is 53.9 Å². The predicted octanol–water partition coefficient (Wildman–Crippen LogP) is 4.02. The topological polar surface area (TPSA) is 78.4 Å². The Balaban J connectivity index is 2.18. The van der Waals surface area contributed by atoms with Crippen molar-refractivity contribution in [2.45, 2.75) is 47.1 Å². The highest BCUT2D eigenvalue weighted by atomic mass is 16.6. The van der Waals surface area contributed by atoms with Crippen LogP contribution in [0.4, 0.5) is 0 Å². The fraction of sp³-hybridized carbons (Fsp3) is 0.364. The molecule has 0 aliphatic heterocycles. The van der Waals surface area contributed by atoms with Crippen LogP contribution in [0.3, 0.4) is 0 Å². The number of nitrogens with zero attached hydrogens (tertiary/aromatic N) is 2. The van der Waals surface area contributed by atoms with Crippen molar-refractivity contribution in [1.82, 2.24) is 9.97 Å². The number of rotatable bonds is 7. The standard InChI is InChI=1S/C22H26N2O4/c1-7-27-21(26)22(5,6)28-18-10-8-9-17(13-18)20(25)12-11-19-16(4)23-14(2)15(3)24-19/h8-13H,7H2,1-6H3/b12-11+. The maximum Gasteiger partial charge on any atom is 0.349 e. The van der Waals surface area contributed by atoms with Crippen LogP contribution in [0.25, 0.3) is 6.08 Å². The second-order valence-corrected chi connectivity index (χ2v) is 6.92. The van der Waals surface area contributed by atoms with Gasteiger partial charge in [0, 0.05) is 5.56 Å². The summed E-state index contributed by atoms with van der Waals surface area (Å²) in [5.41, 5.74) is 2.42. The van der Waals surface area contributed by atoms with Crippen LogP contribution in [-0.4, -0.2) is 33.9 Å². The van der Waals surface area contributed by atoms with Crippen molar-refractivity contribution >= 4 is 17.8 Å². The lowest BCUT2D eigenvalue weighted by Crippen LogP contribution is -2.39. The molecule has 148 valence electrons. The third-order valence-electron chi connectivity index (χ3n) is 4.17. The Morgan fingerprint density at radius 3 is 2.43 bits per heavy atom. The van der Waals surface area contributed by atoms with E-state index in [-0.39, 0.29) is 12.4 Å². The highest BCUT2D eigenvalue weighted by Gasteiger charge is 2.31. The van der Waals surface area contributed by atoms with E-state index < -0.39 is 11.6 Å². The number of hydrogen-bond acceptors (Lipinski definition) is 6. The molecule has 6 nitrogen and oxygen atoms in total. The number of aromatic nitrogens is 2. The van der Waals surface area contributed by atoms with Crippen LogP contribution in [0.5, 0.6) is 5.75 Å². The van der Waals surface area contributed by atoms with Gasteiger partial charge in [-0.15, -0.1) is 0 Å². The first-order valence-corrected chi connectivity index (χ1v) is 9.14. The average Bonchev–Trinajstić information content (AvgIpc) is 2.63. The zero-order chi connectivity index (χ0) is 20.9. The van der Waals surface area contributed by atoms with Gasteiger partial charge >= 0.3 is 5.97 Å². The number of benzene rings is 1. The Bertz CT molecular complexity index is 917. The number of hydrogen-bond donors (Lipinski definition) is 0. The van der Waals surface area contributed by atoms with Crippen molar-refractivity contribution < 1.29 is 19.1 Å². The number of carbonyl (C=O) groups is 2. The SMILES string of the molecule is CCOC(=O)C(C)(C)Oc1cccc(C(=O)/C=C/c2nc(C)c(C)nc2C)c1. The minimum atomic E-state index is -1.15. The van der Waals surface area contributed by atoms with E-state index in [9.17, 15) is 9.59 Å². The van der Waals surface area contributed by atoms with E-state index >= 15 is 0 Å². The van der Waals surface area contributed by atoms with Gasteiger partial charge in [0.15, 0.2) is 11.4 Å². The highest BCUT2D eigenvalue weighted by Crippen LogP contribution is 2.21. The maximum atomic E-state index is 12.6. The first kappa shape index (κ1) is 21.3. The molecule has 1 aromatic heterocycles. The molecule has 6 heteroatoms. The van der Waals surface area contributed by atoms with Gasteiger partial charge in [-0.3, -0.25) is 9.78 Å². The third kappa shape index (κ3) is 5.25. The molecule has 0 bridgehead atoms. The van der Waals surface area contributed by atoms with E-state index in [1.165, 1.54) is 6.08 Å². The fourth-order valence-electron chi connectivity index (χ4n) is 2.49. The molecule has 1 aromatic carbocycles. The quantitative estimate of drug-likeness (QED) is 0.409. The van der Waals surface area contributed by atoms with Crippen molar-refractivity contribution in [3.63, 3.8) is 0 Å². The van der Waals surface area contributed by atoms with E-state index in [1.807, 2.05) is 20.8 Å². The molecule has 0 aliphatic rings. The number of esters is 1. The summed E-state index contributed by atoms with van der Waals surface area (Å²) in [4.78, 5) is 33.4. The van der Waals surface area contributed by atoms with Crippen LogP contribution in [0, 0.1) is 20.8 Å². The molecule has 0 fully saturated rings. The van der Waals surface area contributed by atoms with Crippen molar-refractivity contribution in [2.24, 2.45) is 0 Å². The highest BCUT2D eigenvalue weighted by molar-refractivity contribution is 6.07. The van der Waals surface area contributed by atoms with Gasteiger partial charge in [0.25, 0.3) is 0 Å².